The largest absolute Gasteiger partial charge is 0.312 e. The van der Waals surface area contributed by atoms with E-state index in [-0.39, 0.29) is 11.8 Å². The Labute approximate surface area is 128 Å². The van der Waals surface area contributed by atoms with Crippen LogP contribution in [0.25, 0.3) is 10.2 Å². The predicted octanol–water partition coefficient (Wildman–Crippen LogP) is 3.73. The summed E-state index contributed by atoms with van der Waals surface area (Å²) in [6, 6.07) is 4.34. The monoisotopic (exact) mass is 300 g/mol. The zero-order valence-electron chi connectivity index (χ0n) is 12.6. The van der Waals surface area contributed by atoms with Crippen molar-refractivity contribution in [2.24, 2.45) is 10.9 Å². The van der Waals surface area contributed by atoms with Crippen molar-refractivity contribution in [1.82, 2.24) is 4.57 Å². The molecule has 1 aromatic carbocycles. The standard InChI is InChI=1S/C17H20N2OS/c1-4-8-19-14-10-11(2)9-12(3)15(14)21-17(19)18-16(20)13-6-5-7-13/h4,9-10,13H,1,5-8H2,2-3H3. The normalized spacial score (nSPS) is 16.2. The molecular weight excluding hydrogens is 280 g/mol. The number of nitrogens with zero attached hydrogens (tertiary/aromatic N) is 2. The van der Waals surface area contributed by atoms with E-state index < -0.39 is 0 Å². The van der Waals surface area contributed by atoms with E-state index >= 15 is 0 Å². The van der Waals surface area contributed by atoms with Crippen LogP contribution in [0.2, 0.25) is 0 Å². The summed E-state index contributed by atoms with van der Waals surface area (Å²) in [7, 11) is 0. The van der Waals surface area contributed by atoms with Crippen LogP contribution >= 0.6 is 11.3 Å². The fourth-order valence-corrected chi connectivity index (χ4v) is 3.84. The number of thiazole rings is 1. The Morgan fingerprint density at radius 3 is 2.86 bits per heavy atom. The van der Waals surface area contributed by atoms with Crippen LogP contribution in [-0.4, -0.2) is 10.5 Å². The number of benzene rings is 1. The number of hydrogen-bond donors (Lipinski definition) is 0. The van der Waals surface area contributed by atoms with Crippen LogP contribution in [0, 0.1) is 19.8 Å². The molecule has 0 aliphatic heterocycles. The van der Waals surface area contributed by atoms with Crippen molar-refractivity contribution in [3.05, 3.63) is 40.7 Å². The summed E-state index contributed by atoms with van der Waals surface area (Å²) in [5.41, 5.74) is 3.62. The van der Waals surface area contributed by atoms with Crippen molar-refractivity contribution in [2.75, 3.05) is 0 Å². The quantitative estimate of drug-likeness (QED) is 0.795. The van der Waals surface area contributed by atoms with E-state index in [0.717, 1.165) is 29.6 Å². The molecule has 4 heteroatoms. The summed E-state index contributed by atoms with van der Waals surface area (Å²) in [5, 5.41) is 0. The SMILES string of the molecule is C=CCn1c(=NC(=O)C2CCC2)sc2c(C)cc(C)cc21. The number of allylic oxidation sites excluding steroid dienone is 1. The number of rotatable bonds is 3. The van der Waals surface area contributed by atoms with Crippen molar-refractivity contribution >= 4 is 27.5 Å². The number of aromatic nitrogens is 1. The third-order valence-electron chi connectivity index (χ3n) is 4.09. The van der Waals surface area contributed by atoms with Gasteiger partial charge in [0.25, 0.3) is 5.91 Å². The summed E-state index contributed by atoms with van der Waals surface area (Å²) >= 11 is 1.61. The topological polar surface area (TPSA) is 34.4 Å². The molecule has 0 bridgehead atoms. The first-order valence-corrected chi connectivity index (χ1v) is 8.22. The third-order valence-corrected chi connectivity index (χ3v) is 5.32. The Morgan fingerprint density at radius 2 is 2.24 bits per heavy atom. The van der Waals surface area contributed by atoms with Gasteiger partial charge in [-0.15, -0.1) is 6.58 Å². The first-order valence-electron chi connectivity index (χ1n) is 7.40. The van der Waals surface area contributed by atoms with Gasteiger partial charge in [0.1, 0.15) is 0 Å². The Kier molecular flexibility index (Phi) is 3.81. The Hall–Kier alpha value is -1.68. The fourth-order valence-electron chi connectivity index (χ4n) is 2.74. The van der Waals surface area contributed by atoms with E-state index in [2.05, 4.69) is 42.1 Å². The molecule has 0 N–H and O–H groups in total. The van der Waals surface area contributed by atoms with E-state index in [4.69, 9.17) is 0 Å². The molecule has 0 spiro atoms. The second-order valence-electron chi connectivity index (χ2n) is 5.79. The van der Waals surface area contributed by atoms with Gasteiger partial charge in [0.2, 0.25) is 0 Å². The average molecular weight is 300 g/mol. The molecule has 0 radical (unpaired) electrons. The van der Waals surface area contributed by atoms with Gasteiger partial charge in [-0.05, 0) is 43.9 Å². The van der Waals surface area contributed by atoms with Crippen LogP contribution in [-0.2, 0) is 11.3 Å². The van der Waals surface area contributed by atoms with E-state index in [0.29, 0.717) is 6.54 Å². The summed E-state index contributed by atoms with van der Waals surface area (Å²) in [6.07, 6.45) is 5.00. The molecule has 1 aromatic heterocycles. The van der Waals surface area contributed by atoms with Gasteiger partial charge in [-0.25, -0.2) is 0 Å². The molecule has 110 valence electrons. The molecule has 1 aliphatic carbocycles. The van der Waals surface area contributed by atoms with Crippen LogP contribution in [0.15, 0.2) is 29.8 Å². The van der Waals surface area contributed by atoms with E-state index in [9.17, 15) is 4.79 Å². The van der Waals surface area contributed by atoms with Gasteiger partial charge in [0.15, 0.2) is 4.80 Å². The zero-order chi connectivity index (χ0) is 15.0. The molecule has 0 saturated heterocycles. The smallest absolute Gasteiger partial charge is 0.251 e. The van der Waals surface area contributed by atoms with E-state index in [1.807, 2.05) is 6.08 Å². The number of carbonyl (C=O) groups excluding carboxylic acids is 1. The first-order chi connectivity index (χ1) is 10.1. The molecule has 0 atom stereocenters. The molecule has 3 nitrogen and oxygen atoms in total. The zero-order valence-corrected chi connectivity index (χ0v) is 13.4. The number of carbonyl (C=O) groups is 1. The highest BCUT2D eigenvalue weighted by atomic mass is 32.1. The van der Waals surface area contributed by atoms with Gasteiger partial charge in [-0.2, -0.15) is 4.99 Å². The highest BCUT2D eigenvalue weighted by Crippen LogP contribution is 2.28. The van der Waals surface area contributed by atoms with E-state index in [1.54, 1.807) is 11.3 Å². The van der Waals surface area contributed by atoms with Crippen LogP contribution in [0.3, 0.4) is 0 Å². The summed E-state index contributed by atoms with van der Waals surface area (Å²) in [4.78, 5) is 17.4. The number of hydrogen-bond acceptors (Lipinski definition) is 2. The molecule has 1 fully saturated rings. The lowest BCUT2D eigenvalue weighted by Crippen LogP contribution is -2.24. The van der Waals surface area contributed by atoms with Gasteiger partial charge in [0.05, 0.1) is 10.2 Å². The van der Waals surface area contributed by atoms with Gasteiger partial charge in [-0.3, -0.25) is 4.79 Å². The van der Waals surface area contributed by atoms with Gasteiger partial charge < -0.3 is 4.57 Å². The lowest BCUT2D eigenvalue weighted by molar-refractivity contribution is -0.124. The van der Waals surface area contributed by atoms with Crippen molar-refractivity contribution in [2.45, 2.75) is 39.7 Å². The minimum absolute atomic E-state index is 0.0417. The average Bonchev–Trinajstić information content (AvgIpc) is 2.67. The van der Waals surface area contributed by atoms with E-state index in [1.165, 1.54) is 15.8 Å². The van der Waals surface area contributed by atoms with Gasteiger partial charge in [0, 0.05) is 12.5 Å². The molecule has 3 rings (SSSR count). The predicted molar refractivity (Wildman–Crippen MR) is 87.4 cm³/mol. The second-order valence-corrected chi connectivity index (χ2v) is 6.77. The third kappa shape index (κ3) is 2.60. The number of fused-ring (bicyclic) bond motifs is 1. The molecular formula is C17H20N2OS. The van der Waals surface area contributed by atoms with Gasteiger partial charge in [-0.1, -0.05) is 29.9 Å². The van der Waals surface area contributed by atoms with Crippen molar-refractivity contribution < 1.29 is 4.79 Å². The summed E-state index contributed by atoms with van der Waals surface area (Å²) in [5.74, 6) is 0.190. The second kappa shape index (κ2) is 5.60. The molecule has 21 heavy (non-hydrogen) atoms. The van der Waals surface area contributed by atoms with Crippen molar-refractivity contribution in [1.29, 1.82) is 0 Å². The Morgan fingerprint density at radius 1 is 1.48 bits per heavy atom. The lowest BCUT2D eigenvalue weighted by Gasteiger charge is -2.20. The fraction of sp³-hybridized carbons (Fsp3) is 0.412. The first kappa shape index (κ1) is 14.3. The minimum atomic E-state index is 0.0417. The minimum Gasteiger partial charge on any atom is -0.312 e. The molecule has 1 saturated carbocycles. The van der Waals surface area contributed by atoms with Crippen LogP contribution in [0.4, 0.5) is 0 Å². The highest BCUT2D eigenvalue weighted by Gasteiger charge is 2.25. The molecule has 0 unspecified atom stereocenters. The summed E-state index contributed by atoms with van der Waals surface area (Å²) < 4.78 is 3.31. The molecule has 1 aliphatic rings. The molecule has 1 heterocycles. The molecule has 1 amide bonds. The number of aryl methyl sites for hydroxylation is 2. The maximum Gasteiger partial charge on any atom is 0.251 e. The molecule has 2 aromatic rings. The highest BCUT2D eigenvalue weighted by molar-refractivity contribution is 7.16. The maximum atomic E-state index is 12.2. The van der Waals surface area contributed by atoms with Crippen molar-refractivity contribution in [3.63, 3.8) is 0 Å². The number of amides is 1. The summed E-state index contributed by atoms with van der Waals surface area (Å²) in [6.45, 7) is 8.72. The maximum absolute atomic E-state index is 12.2. The van der Waals surface area contributed by atoms with Gasteiger partial charge >= 0.3 is 0 Å². The van der Waals surface area contributed by atoms with Crippen molar-refractivity contribution in [3.8, 4) is 0 Å². The lowest BCUT2D eigenvalue weighted by atomic mass is 9.85. The Bertz CT molecular complexity index is 778. The van der Waals surface area contributed by atoms with Crippen LogP contribution in [0.5, 0.6) is 0 Å². The van der Waals surface area contributed by atoms with Crippen LogP contribution < -0.4 is 4.80 Å². The van der Waals surface area contributed by atoms with Crippen LogP contribution in [0.1, 0.15) is 30.4 Å². The Balaban J connectivity index is 2.19.